The zero-order chi connectivity index (χ0) is 20.1. The Morgan fingerprint density at radius 1 is 0.966 bits per heavy atom. The molecular weight excluding hydrogens is 360 g/mol. The molecule has 2 aromatic rings. The first-order chi connectivity index (χ1) is 14.2. The van der Waals surface area contributed by atoms with Crippen molar-refractivity contribution in [2.24, 2.45) is 0 Å². The summed E-state index contributed by atoms with van der Waals surface area (Å²) in [7, 11) is 0. The Morgan fingerprint density at radius 3 is 2.45 bits per heavy atom. The fourth-order valence-electron chi connectivity index (χ4n) is 4.50. The summed E-state index contributed by atoms with van der Waals surface area (Å²) in [6, 6.07) is 18.2. The van der Waals surface area contributed by atoms with Gasteiger partial charge in [-0.15, -0.1) is 0 Å². The number of amides is 1. The van der Waals surface area contributed by atoms with Gasteiger partial charge in [0.05, 0.1) is 12.1 Å². The lowest BCUT2D eigenvalue weighted by Crippen LogP contribution is -2.54. The van der Waals surface area contributed by atoms with Crippen LogP contribution < -0.4 is 4.74 Å². The van der Waals surface area contributed by atoms with E-state index in [9.17, 15) is 4.79 Å². The minimum absolute atomic E-state index is 0.0989. The highest BCUT2D eigenvalue weighted by Gasteiger charge is 2.42. The lowest BCUT2D eigenvalue weighted by Gasteiger charge is -2.42. The Morgan fingerprint density at radius 2 is 1.69 bits per heavy atom. The van der Waals surface area contributed by atoms with Crippen molar-refractivity contribution in [2.45, 2.75) is 44.6 Å². The number of hydrogen-bond acceptors (Lipinski definition) is 3. The highest BCUT2D eigenvalue weighted by atomic mass is 16.5. The van der Waals surface area contributed by atoms with Gasteiger partial charge in [0.25, 0.3) is 5.91 Å². The van der Waals surface area contributed by atoms with E-state index in [1.54, 1.807) is 0 Å². The molecule has 0 atom stereocenters. The van der Waals surface area contributed by atoms with E-state index in [2.05, 4.69) is 36.1 Å². The minimum Gasteiger partial charge on any atom is -0.484 e. The summed E-state index contributed by atoms with van der Waals surface area (Å²) in [6.07, 6.45) is 5.29. The van der Waals surface area contributed by atoms with Crippen LogP contribution in [0.2, 0.25) is 0 Å². The molecule has 1 saturated heterocycles. The second kappa shape index (κ2) is 9.00. The molecule has 1 spiro atoms. The Balaban J connectivity index is 1.53. The molecule has 2 aliphatic rings. The summed E-state index contributed by atoms with van der Waals surface area (Å²) in [5.41, 5.74) is 1.69. The molecule has 154 valence electrons. The first-order valence-electron chi connectivity index (χ1n) is 11.0. The number of rotatable bonds is 6. The van der Waals surface area contributed by atoms with Crippen LogP contribution in [-0.2, 0) is 6.42 Å². The summed E-state index contributed by atoms with van der Waals surface area (Å²) in [6.45, 7) is 6.90. The summed E-state index contributed by atoms with van der Waals surface area (Å²) in [4.78, 5) is 17.9. The van der Waals surface area contributed by atoms with Gasteiger partial charge >= 0.3 is 0 Å². The Kier molecular flexibility index (Phi) is 6.19. The maximum absolute atomic E-state index is 13.3. The zero-order valence-electron chi connectivity index (χ0n) is 17.5. The number of carbonyl (C=O) groups excluding carboxylic acids is 1. The number of hydrogen-bond donors (Lipinski definition) is 0. The molecule has 1 amide bonds. The standard InChI is InChI=1S/C25H32N2O2/c1-2-3-16-26-18-14-25(15-19-26)20-27(17-13-21-9-5-4-6-10-21)24(28)22-11-7-8-12-23(22)29-25/h4-12H,2-3,13-20H2,1H3. The third-order valence-electron chi connectivity index (χ3n) is 6.32. The van der Waals surface area contributed by atoms with Gasteiger partial charge in [-0.1, -0.05) is 55.8 Å². The predicted molar refractivity (Wildman–Crippen MR) is 116 cm³/mol. The molecule has 0 aliphatic carbocycles. The van der Waals surface area contributed by atoms with Gasteiger partial charge in [0.15, 0.2) is 0 Å². The van der Waals surface area contributed by atoms with Crippen molar-refractivity contribution in [3.63, 3.8) is 0 Å². The van der Waals surface area contributed by atoms with Crippen molar-refractivity contribution in [1.29, 1.82) is 0 Å². The topological polar surface area (TPSA) is 32.8 Å². The SMILES string of the molecule is CCCCN1CCC2(CC1)CN(CCc1ccccc1)C(=O)c1ccccc1O2. The number of benzene rings is 2. The van der Waals surface area contributed by atoms with Gasteiger partial charge in [0, 0.05) is 32.5 Å². The van der Waals surface area contributed by atoms with E-state index in [0.29, 0.717) is 12.1 Å². The van der Waals surface area contributed by atoms with Crippen molar-refractivity contribution in [1.82, 2.24) is 9.80 Å². The van der Waals surface area contributed by atoms with Crippen molar-refractivity contribution in [3.8, 4) is 5.75 Å². The lowest BCUT2D eigenvalue weighted by atomic mass is 9.90. The zero-order valence-corrected chi connectivity index (χ0v) is 17.5. The predicted octanol–water partition coefficient (Wildman–Crippen LogP) is 4.40. The van der Waals surface area contributed by atoms with E-state index in [0.717, 1.165) is 44.6 Å². The number of piperidine rings is 1. The van der Waals surface area contributed by atoms with Crippen molar-refractivity contribution in [3.05, 3.63) is 65.7 Å². The van der Waals surface area contributed by atoms with Gasteiger partial charge in [0.1, 0.15) is 11.4 Å². The molecule has 4 rings (SSSR count). The van der Waals surface area contributed by atoms with E-state index in [1.165, 1.54) is 24.9 Å². The summed E-state index contributed by atoms with van der Waals surface area (Å²) in [5.74, 6) is 0.850. The van der Waals surface area contributed by atoms with Crippen LogP contribution in [0.5, 0.6) is 5.75 Å². The number of carbonyl (C=O) groups is 1. The Hall–Kier alpha value is -2.33. The fourth-order valence-corrected chi connectivity index (χ4v) is 4.50. The molecule has 0 bridgehead atoms. The van der Waals surface area contributed by atoms with Gasteiger partial charge in [-0.3, -0.25) is 4.79 Å². The third kappa shape index (κ3) is 4.64. The number of likely N-dealkylation sites (tertiary alicyclic amines) is 1. The minimum atomic E-state index is -0.276. The Labute approximate surface area is 174 Å². The maximum Gasteiger partial charge on any atom is 0.257 e. The number of ether oxygens (including phenoxy) is 1. The number of para-hydroxylation sites is 1. The normalized spacial score (nSPS) is 18.9. The number of unbranched alkanes of at least 4 members (excludes halogenated alkanes) is 1. The van der Waals surface area contributed by atoms with Gasteiger partial charge in [0.2, 0.25) is 0 Å². The molecule has 0 aromatic heterocycles. The first-order valence-corrected chi connectivity index (χ1v) is 11.0. The summed E-state index contributed by atoms with van der Waals surface area (Å²) < 4.78 is 6.60. The van der Waals surface area contributed by atoms with Crippen LogP contribution in [0.1, 0.15) is 48.5 Å². The number of fused-ring (bicyclic) bond motifs is 1. The van der Waals surface area contributed by atoms with Crippen molar-refractivity contribution >= 4 is 5.91 Å². The maximum atomic E-state index is 13.3. The quantitative estimate of drug-likeness (QED) is 0.731. The monoisotopic (exact) mass is 392 g/mol. The second-order valence-corrected chi connectivity index (χ2v) is 8.44. The van der Waals surface area contributed by atoms with Crippen molar-refractivity contribution in [2.75, 3.05) is 32.7 Å². The molecule has 0 saturated carbocycles. The molecule has 0 N–H and O–H groups in total. The molecule has 2 aromatic carbocycles. The summed E-state index contributed by atoms with van der Waals surface area (Å²) >= 11 is 0. The number of nitrogens with zero attached hydrogens (tertiary/aromatic N) is 2. The van der Waals surface area contributed by atoms with Crippen LogP contribution in [0.3, 0.4) is 0 Å². The highest BCUT2D eigenvalue weighted by molar-refractivity contribution is 5.97. The van der Waals surface area contributed by atoms with Gasteiger partial charge < -0.3 is 14.5 Å². The van der Waals surface area contributed by atoms with Crippen LogP contribution in [0, 0.1) is 0 Å². The van der Waals surface area contributed by atoms with Crippen molar-refractivity contribution < 1.29 is 9.53 Å². The third-order valence-corrected chi connectivity index (χ3v) is 6.32. The average molecular weight is 393 g/mol. The van der Waals surface area contributed by atoms with Crippen LogP contribution in [0.15, 0.2) is 54.6 Å². The van der Waals surface area contributed by atoms with Crippen LogP contribution in [-0.4, -0.2) is 54.0 Å². The molecule has 1 fully saturated rings. The van der Waals surface area contributed by atoms with E-state index in [4.69, 9.17) is 4.74 Å². The van der Waals surface area contributed by atoms with E-state index in [1.807, 2.05) is 35.2 Å². The van der Waals surface area contributed by atoms with E-state index in [-0.39, 0.29) is 11.5 Å². The van der Waals surface area contributed by atoms with Crippen LogP contribution in [0.4, 0.5) is 0 Å². The molecule has 4 heteroatoms. The van der Waals surface area contributed by atoms with Crippen LogP contribution in [0.25, 0.3) is 0 Å². The molecule has 4 nitrogen and oxygen atoms in total. The second-order valence-electron chi connectivity index (χ2n) is 8.44. The van der Waals surface area contributed by atoms with Gasteiger partial charge in [-0.05, 0) is 37.1 Å². The average Bonchev–Trinajstić information content (AvgIpc) is 2.87. The molecule has 0 radical (unpaired) electrons. The fraction of sp³-hybridized carbons (Fsp3) is 0.480. The molecular formula is C25H32N2O2. The first kappa shape index (κ1) is 20.0. The smallest absolute Gasteiger partial charge is 0.257 e. The molecule has 29 heavy (non-hydrogen) atoms. The van der Waals surface area contributed by atoms with Gasteiger partial charge in [-0.2, -0.15) is 0 Å². The summed E-state index contributed by atoms with van der Waals surface area (Å²) in [5, 5.41) is 0. The van der Waals surface area contributed by atoms with Gasteiger partial charge in [-0.25, -0.2) is 0 Å². The molecule has 0 unspecified atom stereocenters. The Bertz CT molecular complexity index is 813. The van der Waals surface area contributed by atoms with E-state index >= 15 is 0 Å². The lowest BCUT2D eigenvalue weighted by molar-refractivity contribution is -0.0151. The molecule has 2 heterocycles. The highest BCUT2D eigenvalue weighted by Crippen LogP contribution is 2.35. The molecule has 2 aliphatic heterocycles. The van der Waals surface area contributed by atoms with Crippen LogP contribution >= 0.6 is 0 Å². The van der Waals surface area contributed by atoms with E-state index < -0.39 is 0 Å². The largest absolute Gasteiger partial charge is 0.484 e.